The van der Waals surface area contributed by atoms with Gasteiger partial charge in [-0.05, 0) is 57.8 Å². The quantitative estimate of drug-likeness (QED) is 0.865. The standard InChI is InChI=1S/C15H25N3O/c1-11(16)15(14-5-3-4-8-17-14)18-9-6-13(7-10-18)12(2)19/h3-5,8,11-13,15,19H,6-7,9-10,16H2,1-2H3. The molecule has 4 heteroatoms. The first-order chi connectivity index (χ1) is 9.09. The molecule has 0 aliphatic carbocycles. The number of nitrogens with zero attached hydrogens (tertiary/aromatic N) is 2. The van der Waals surface area contributed by atoms with Gasteiger partial charge < -0.3 is 10.8 Å². The average molecular weight is 263 g/mol. The van der Waals surface area contributed by atoms with Gasteiger partial charge in [0.2, 0.25) is 0 Å². The van der Waals surface area contributed by atoms with Gasteiger partial charge in [0.25, 0.3) is 0 Å². The summed E-state index contributed by atoms with van der Waals surface area (Å²) in [4.78, 5) is 6.87. The van der Waals surface area contributed by atoms with Crippen molar-refractivity contribution in [3.05, 3.63) is 30.1 Å². The Balaban J connectivity index is 2.06. The molecule has 2 heterocycles. The second kappa shape index (κ2) is 6.46. The third-order valence-corrected chi connectivity index (χ3v) is 4.14. The summed E-state index contributed by atoms with van der Waals surface area (Å²) < 4.78 is 0. The smallest absolute Gasteiger partial charge is 0.0670 e. The first kappa shape index (κ1) is 14.4. The summed E-state index contributed by atoms with van der Waals surface area (Å²) in [6.45, 7) is 5.90. The number of nitrogens with two attached hydrogens (primary N) is 1. The van der Waals surface area contributed by atoms with Crippen LogP contribution in [0.3, 0.4) is 0 Å². The number of aliphatic hydroxyl groups is 1. The van der Waals surface area contributed by atoms with E-state index >= 15 is 0 Å². The minimum Gasteiger partial charge on any atom is -0.393 e. The molecule has 1 aliphatic rings. The summed E-state index contributed by atoms with van der Waals surface area (Å²) in [5.41, 5.74) is 7.21. The Kier molecular flexibility index (Phi) is 4.91. The van der Waals surface area contributed by atoms with Gasteiger partial charge in [0.05, 0.1) is 17.8 Å². The molecule has 4 nitrogen and oxygen atoms in total. The van der Waals surface area contributed by atoms with Crippen LogP contribution in [0, 0.1) is 5.92 Å². The molecule has 3 atom stereocenters. The lowest BCUT2D eigenvalue weighted by Gasteiger charge is -2.39. The van der Waals surface area contributed by atoms with Crippen molar-refractivity contribution in [2.24, 2.45) is 11.7 Å². The number of rotatable bonds is 4. The zero-order valence-electron chi connectivity index (χ0n) is 11.9. The molecule has 0 aromatic carbocycles. The molecule has 3 unspecified atom stereocenters. The Bertz CT molecular complexity index is 372. The minimum atomic E-state index is -0.203. The van der Waals surface area contributed by atoms with Crippen molar-refractivity contribution in [3.8, 4) is 0 Å². The third kappa shape index (κ3) is 3.53. The van der Waals surface area contributed by atoms with E-state index in [0.717, 1.165) is 31.6 Å². The molecule has 2 rings (SSSR count). The van der Waals surface area contributed by atoms with Crippen LogP contribution in [0.15, 0.2) is 24.4 Å². The first-order valence-electron chi connectivity index (χ1n) is 7.18. The lowest BCUT2D eigenvalue weighted by molar-refractivity contribution is 0.0502. The SMILES string of the molecule is CC(N)C(c1ccccn1)N1CCC(C(C)O)CC1. The molecule has 3 N–H and O–H groups in total. The second-order valence-corrected chi connectivity index (χ2v) is 5.67. The van der Waals surface area contributed by atoms with Crippen molar-refractivity contribution in [2.75, 3.05) is 13.1 Å². The largest absolute Gasteiger partial charge is 0.393 e. The Morgan fingerprint density at radius 3 is 2.47 bits per heavy atom. The summed E-state index contributed by atoms with van der Waals surface area (Å²) in [7, 11) is 0. The van der Waals surface area contributed by atoms with E-state index in [0.29, 0.717) is 5.92 Å². The number of pyridine rings is 1. The molecular formula is C15H25N3O. The van der Waals surface area contributed by atoms with Crippen molar-refractivity contribution in [3.63, 3.8) is 0 Å². The van der Waals surface area contributed by atoms with Crippen LogP contribution in [0.4, 0.5) is 0 Å². The Morgan fingerprint density at radius 2 is 2.00 bits per heavy atom. The normalized spacial score (nSPS) is 22.9. The lowest BCUT2D eigenvalue weighted by atomic mass is 9.90. The monoisotopic (exact) mass is 263 g/mol. The predicted octanol–water partition coefficient (Wildman–Crippen LogP) is 1.56. The molecule has 0 radical (unpaired) electrons. The molecule has 19 heavy (non-hydrogen) atoms. The molecule has 0 saturated carbocycles. The highest BCUT2D eigenvalue weighted by Gasteiger charge is 2.30. The van der Waals surface area contributed by atoms with E-state index in [-0.39, 0.29) is 18.2 Å². The van der Waals surface area contributed by atoms with Crippen LogP contribution >= 0.6 is 0 Å². The van der Waals surface area contributed by atoms with Gasteiger partial charge >= 0.3 is 0 Å². The summed E-state index contributed by atoms with van der Waals surface area (Å²) >= 11 is 0. The highest BCUT2D eigenvalue weighted by atomic mass is 16.3. The van der Waals surface area contributed by atoms with Crippen molar-refractivity contribution < 1.29 is 5.11 Å². The maximum Gasteiger partial charge on any atom is 0.0670 e. The number of likely N-dealkylation sites (tertiary alicyclic amines) is 1. The molecule has 0 bridgehead atoms. The van der Waals surface area contributed by atoms with Gasteiger partial charge in [-0.25, -0.2) is 0 Å². The fraction of sp³-hybridized carbons (Fsp3) is 0.667. The van der Waals surface area contributed by atoms with Crippen LogP contribution < -0.4 is 5.73 Å². The van der Waals surface area contributed by atoms with E-state index in [1.54, 1.807) is 0 Å². The number of aliphatic hydroxyl groups excluding tert-OH is 1. The molecule has 1 aromatic rings. The van der Waals surface area contributed by atoms with Crippen LogP contribution in [-0.2, 0) is 0 Å². The van der Waals surface area contributed by atoms with Gasteiger partial charge in [0.1, 0.15) is 0 Å². The fourth-order valence-corrected chi connectivity index (χ4v) is 3.02. The van der Waals surface area contributed by atoms with Crippen LogP contribution in [0.2, 0.25) is 0 Å². The zero-order valence-corrected chi connectivity index (χ0v) is 11.9. The Labute approximate surface area is 115 Å². The molecule has 1 aliphatic heterocycles. The van der Waals surface area contributed by atoms with Gasteiger partial charge in [0, 0.05) is 12.2 Å². The van der Waals surface area contributed by atoms with Crippen molar-refractivity contribution in [2.45, 2.75) is 44.9 Å². The molecule has 0 spiro atoms. The Morgan fingerprint density at radius 1 is 1.32 bits per heavy atom. The molecule has 1 saturated heterocycles. The summed E-state index contributed by atoms with van der Waals surface area (Å²) in [5.74, 6) is 0.425. The fourth-order valence-electron chi connectivity index (χ4n) is 3.02. The molecule has 1 fully saturated rings. The van der Waals surface area contributed by atoms with Crippen LogP contribution in [0.1, 0.15) is 38.4 Å². The van der Waals surface area contributed by atoms with E-state index in [4.69, 9.17) is 5.73 Å². The van der Waals surface area contributed by atoms with E-state index in [1.165, 1.54) is 0 Å². The molecule has 1 aromatic heterocycles. The van der Waals surface area contributed by atoms with Crippen LogP contribution in [0.5, 0.6) is 0 Å². The summed E-state index contributed by atoms with van der Waals surface area (Å²) in [6.07, 6.45) is 3.69. The van der Waals surface area contributed by atoms with E-state index in [9.17, 15) is 5.11 Å². The van der Waals surface area contributed by atoms with Gasteiger partial charge in [-0.1, -0.05) is 6.07 Å². The van der Waals surface area contributed by atoms with E-state index in [1.807, 2.05) is 32.2 Å². The average Bonchev–Trinajstić information content (AvgIpc) is 2.40. The van der Waals surface area contributed by atoms with E-state index < -0.39 is 0 Å². The number of aromatic nitrogens is 1. The first-order valence-corrected chi connectivity index (χ1v) is 7.18. The highest BCUT2D eigenvalue weighted by Crippen LogP contribution is 2.28. The summed E-state index contributed by atoms with van der Waals surface area (Å²) in [6, 6.07) is 6.23. The minimum absolute atomic E-state index is 0.0537. The topological polar surface area (TPSA) is 62.4 Å². The van der Waals surface area contributed by atoms with E-state index in [2.05, 4.69) is 16.0 Å². The van der Waals surface area contributed by atoms with Gasteiger partial charge in [-0.15, -0.1) is 0 Å². The van der Waals surface area contributed by atoms with Crippen LogP contribution in [0.25, 0.3) is 0 Å². The maximum atomic E-state index is 9.67. The van der Waals surface area contributed by atoms with Crippen LogP contribution in [-0.4, -0.2) is 40.2 Å². The maximum absolute atomic E-state index is 9.67. The van der Waals surface area contributed by atoms with Crippen molar-refractivity contribution >= 4 is 0 Å². The molecular weight excluding hydrogens is 238 g/mol. The van der Waals surface area contributed by atoms with Crippen molar-refractivity contribution in [1.29, 1.82) is 0 Å². The highest BCUT2D eigenvalue weighted by molar-refractivity contribution is 5.11. The molecule has 106 valence electrons. The molecule has 0 amide bonds. The Hall–Kier alpha value is -0.970. The van der Waals surface area contributed by atoms with Crippen molar-refractivity contribution in [1.82, 2.24) is 9.88 Å². The predicted molar refractivity (Wildman–Crippen MR) is 76.6 cm³/mol. The van der Waals surface area contributed by atoms with Gasteiger partial charge in [0.15, 0.2) is 0 Å². The van der Waals surface area contributed by atoms with Gasteiger partial charge in [-0.2, -0.15) is 0 Å². The number of piperidine rings is 1. The second-order valence-electron chi connectivity index (χ2n) is 5.67. The van der Waals surface area contributed by atoms with Gasteiger partial charge in [-0.3, -0.25) is 9.88 Å². The zero-order chi connectivity index (χ0) is 13.8. The third-order valence-electron chi connectivity index (χ3n) is 4.14. The number of hydrogen-bond donors (Lipinski definition) is 2. The summed E-state index contributed by atoms with van der Waals surface area (Å²) in [5, 5.41) is 9.67. The lowest BCUT2D eigenvalue weighted by Crippen LogP contribution is -2.45. The number of hydrogen-bond acceptors (Lipinski definition) is 4.